The number of benzene rings is 1. The maximum absolute atomic E-state index is 12.9. The zero-order valence-electron chi connectivity index (χ0n) is 14.1. The van der Waals surface area contributed by atoms with Crippen LogP contribution in [0.3, 0.4) is 0 Å². The minimum absolute atomic E-state index is 0.222. The highest BCUT2D eigenvalue weighted by Crippen LogP contribution is 2.03. The Morgan fingerprint density at radius 2 is 2.04 bits per heavy atom. The lowest BCUT2D eigenvalue weighted by atomic mass is 10.1. The number of aromatic nitrogens is 3. The molecule has 0 saturated carbocycles. The highest BCUT2D eigenvalue weighted by atomic mass is 19.1. The van der Waals surface area contributed by atoms with Crippen molar-refractivity contribution in [2.45, 2.75) is 19.9 Å². The van der Waals surface area contributed by atoms with Crippen molar-refractivity contribution in [3.05, 3.63) is 59.9 Å². The number of aliphatic imine (C=N–C) groups is 1. The maximum Gasteiger partial charge on any atom is 0.191 e. The summed E-state index contributed by atoms with van der Waals surface area (Å²) in [6, 6.07) is 6.51. The number of hydrogen-bond donors (Lipinski definition) is 2. The van der Waals surface area contributed by atoms with Crippen molar-refractivity contribution in [2.24, 2.45) is 12.0 Å². The summed E-state index contributed by atoms with van der Waals surface area (Å²) in [5, 5.41) is 14.5. The van der Waals surface area contributed by atoms with E-state index in [-0.39, 0.29) is 5.82 Å². The molecule has 2 aromatic rings. The van der Waals surface area contributed by atoms with Gasteiger partial charge in [-0.15, -0.1) is 16.8 Å². The van der Waals surface area contributed by atoms with Gasteiger partial charge in [0.2, 0.25) is 0 Å². The van der Waals surface area contributed by atoms with Crippen LogP contribution in [0, 0.1) is 12.7 Å². The summed E-state index contributed by atoms with van der Waals surface area (Å²) in [7, 11) is 1.92. The minimum Gasteiger partial charge on any atom is -0.356 e. The third kappa shape index (κ3) is 5.19. The first-order valence-corrected chi connectivity index (χ1v) is 7.82. The predicted octanol–water partition coefficient (Wildman–Crippen LogP) is 1.73. The molecule has 1 aromatic heterocycles. The molecule has 0 spiro atoms. The number of hydrogen-bond acceptors (Lipinski definition) is 3. The molecule has 0 aliphatic heterocycles. The number of nitrogens with one attached hydrogen (secondary N) is 2. The summed E-state index contributed by atoms with van der Waals surface area (Å²) >= 11 is 0. The fourth-order valence-corrected chi connectivity index (χ4v) is 2.06. The number of rotatable bonds is 7. The van der Waals surface area contributed by atoms with Gasteiger partial charge in [0.1, 0.15) is 18.2 Å². The number of aryl methyl sites for hydroxylation is 1. The van der Waals surface area contributed by atoms with Crippen LogP contribution in [0.1, 0.15) is 17.2 Å². The Balaban J connectivity index is 1.91. The van der Waals surface area contributed by atoms with Crippen LogP contribution in [0.4, 0.5) is 4.39 Å². The van der Waals surface area contributed by atoms with E-state index in [4.69, 9.17) is 0 Å². The van der Waals surface area contributed by atoms with Crippen LogP contribution >= 0.6 is 0 Å². The summed E-state index contributed by atoms with van der Waals surface area (Å²) in [6.45, 7) is 7.33. The number of guanidine groups is 1. The van der Waals surface area contributed by atoms with Gasteiger partial charge in [0.15, 0.2) is 11.8 Å². The molecule has 0 unspecified atom stereocenters. The fraction of sp³-hybridized carbons (Fsp3) is 0.353. The Morgan fingerprint density at radius 1 is 1.29 bits per heavy atom. The third-order valence-electron chi connectivity index (χ3n) is 3.59. The number of nitrogens with zero attached hydrogens (tertiary/aromatic N) is 4. The topological polar surface area (TPSA) is 67.1 Å². The highest BCUT2D eigenvalue weighted by molar-refractivity contribution is 5.79. The summed E-state index contributed by atoms with van der Waals surface area (Å²) < 4.78 is 14.8. The zero-order chi connectivity index (χ0) is 17.4. The average molecular weight is 330 g/mol. The van der Waals surface area contributed by atoms with Crippen molar-refractivity contribution in [3.8, 4) is 0 Å². The molecule has 0 radical (unpaired) electrons. The molecule has 0 fully saturated rings. The van der Waals surface area contributed by atoms with E-state index in [1.807, 2.05) is 18.5 Å². The van der Waals surface area contributed by atoms with Gasteiger partial charge >= 0.3 is 0 Å². The van der Waals surface area contributed by atoms with Crippen molar-refractivity contribution >= 4 is 5.96 Å². The van der Waals surface area contributed by atoms with Crippen molar-refractivity contribution in [1.82, 2.24) is 25.4 Å². The molecule has 6 nitrogen and oxygen atoms in total. The molecule has 1 aromatic carbocycles. The van der Waals surface area contributed by atoms with Gasteiger partial charge in [0, 0.05) is 20.1 Å². The molecule has 0 saturated heterocycles. The monoisotopic (exact) mass is 330 g/mol. The van der Waals surface area contributed by atoms with E-state index in [9.17, 15) is 4.39 Å². The molecule has 7 heteroatoms. The van der Waals surface area contributed by atoms with Crippen LogP contribution in [0.15, 0.2) is 41.9 Å². The Morgan fingerprint density at radius 3 is 2.67 bits per heavy atom. The van der Waals surface area contributed by atoms with E-state index < -0.39 is 0 Å². The second-order valence-electron chi connectivity index (χ2n) is 5.36. The Kier molecular flexibility index (Phi) is 6.48. The molecular weight excluding hydrogens is 307 g/mol. The first-order valence-electron chi connectivity index (χ1n) is 7.82. The lowest BCUT2D eigenvalue weighted by Gasteiger charge is -2.11. The van der Waals surface area contributed by atoms with E-state index >= 15 is 0 Å². The van der Waals surface area contributed by atoms with Crippen molar-refractivity contribution in [3.63, 3.8) is 0 Å². The Hall–Kier alpha value is -2.70. The molecular formula is C17H23FN6. The van der Waals surface area contributed by atoms with Crippen molar-refractivity contribution in [1.29, 1.82) is 0 Å². The normalized spacial score (nSPS) is 11.4. The number of halogens is 1. The van der Waals surface area contributed by atoms with Crippen LogP contribution in [0.25, 0.3) is 0 Å². The third-order valence-corrected chi connectivity index (χ3v) is 3.59. The summed E-state index contributed by atoms with van der Waals surface area (Å²) in [5.41, 5.74) is 1.07. The molecule has 0 aliphatic rings. The molecule has 128 valence electrons. The van der Waals surface area contributed by atoms with Gasteiger partial charge in [0.25, 0.3) is 0 Å². The lowest BCUT2D eigenvalue weighted by Crippen LogP contribution is -2.38. The largest absolute Gasteiger partial charge is 0.356 e. The summed E-state index contributed by atoms with van der Waals surface area (Å²) in [5.74, 6) is 2.11. The predicted molar refractivity (Wildman–Crippen MR) is 93.2 cm³/mol. The summed E-state index contributed by atoms with van der Waals surface area (Å²) in [4.78, 5) is 4.51. The van der Waals surface area contributed by atoms with Crippen LogP contribution in [0.5, 0.6) is 0 Å². The van der Waals surface area contributed by atoms with Crippen LogP contribution in [-0.4, -0.2) is 33.8 Å². The standard InChI is InChI=1S/C17H23FN6/c1-4-10-19-17(21-12-16-23-22-13(2)24(16)3)20-11-9-14-5-7-15(18)8-6-14/h4-8H,1,9-12H2,2-3H3,(H2,19,20,21). The zero-order valence-corrected chi connectivity index (χ0v) is 14.1. The molecule has 0 amide bonds. The van der Waals surface area contributed by atoms with Crippen molar-refractivity contribution in [2.75, 3.05) is 13.1 Å². The summed E-state index contributed by atoms with van der Waals surface area (Å²) in [6.07, 6.45) is 2.54. The lowest BCUT2D eigenvalue weighted by molar-refractivity contribution is 0.626. The fourth-order valence-electron chi connectivity index (χ4n) is 2.06. The molecule has 0 bridgehead atoms. The maximum atomic E-state index is 12.9. The quantitative estimate of drug-likeness (QED) is 0.461. The minimum atomic E-state index is -0.222. The van der Waals surface area contributed by atoms with Crippen LogP contribution in [0.2, 0.25) is 0 Å². The van der Waals surface area contributed by atoms with Crippen molar-refractivity contribution < 1.29 is 4.39 Å². The SMILES string of the molecule is C=CCNC(=NCc1nnc(C)n1C)NCCc1ccc(F)cc1. The van der Waals surface area contributed by atoms with Gasteiger partial charge in [-0.2, -0.15) is 0 Å². The Labute approximate surface area is 141 Å². The van der Waals surface area contributed by atoms with Crippen LogP contribution < -0.4 is 10.6 Å². The average Bonchev–Trinajstić information content (AvgIpc) is 2.90. The molecule has 0 aliphatic carbocycles. The van der Waals surface area contributed by atoms with E-state index in [2.05, 4.69) is 32.4 Å². The molecule has 24 heavy (non-hydrogen) atoms. The molecule has 2 rings (SSSR count). The van der Waals surface area contributed by atoms with Crippen LogP contribution in [-0.2, 0) is 20.0 Å². The van der Waals surface area contributed by atoms with Gasteiger partial charge < -0.3 is 15.2 Å². The van der Waals surface area contributed by atoms with E-state index in [1.54, 1.807) is 18.2 Å². The highest BCUT2D eigenvalue weighted by Gasteiger charge is 2.05. The second-order valence-corrected chi connectivity index (χ2v) is 5.36. The molecule has 1 heterocycles. The van der Waals surface area contributed by atoms with Gasteiger partial charge in [-0.25, -0.2) is 9.38 Å². The van der Waals surface area contributed by atoms with Gasteiger partial charge in [-0.3, -0.25) is 0 Å². The molecule has 2 N–H and O–H groups in total. The molecule has 0 atom stereocenters. The first-order chi connectivity index (χ1) is 11.6. The van der Waals surface area contributed by atoms with Gasteiger partial charge in [0.05, 0.1) is 0 Å². The van der Waals surface area contributed by atoms with E-state index in [1.165, 1.54) is 12.1 Å². The van der Waals surface area contributed by atoms with Gasteiger partial charge in [-0.1, -0.05) is 18.2 Å². The Bertz CT molecular complexity index is 690. The second kappa shape index (κ2) is 8.81. The van der Waals surface area contributed by atoms with Gasteiger partial charge in [-0.05, 0) is 31.0 Å². The first kappa shape index (κ1) is 17.7. The van der Waals surface area contributed by atoms with E-state index in [0.717, 1.165) is 23.6 Å². The van der Waals surface area contributed by atoms with E-state index in [0.29, 0.717) is 25.6 Å². The smallest absolute Gasteiger partial charge is 0.191 e.